The van der Waals surface area contributed by atoms with Crippen molar-refractivity contribution in [2.45, 2.75) is 24.8 Å². The number of β-lactam (4-membered cyclic amide) rings is 1. The first-order valence-electron chi connectivity index (χ1n) is 8.16. The molecule has 26 heavy (non-hydrogen) atoms. The molecule has 0 bridgehead atoms. The molecule has 2 atom stereocenters. The van der Waals surface area contributed by atoms with Crippen LogP contribution < -0.4 is 5.32 Å². The number of thioether (sulfide) groups is 2. The zero-order valence-corrected chi connectivity index (χ0v) is 16.2. The predicted molar refractivity (Wildman–Crippen MR) is 102 cm³/mol. The van der Waals surface area contributed by atoms with Gasteiger partial charge in [0.25, 0.3) is 5.91 Å². The van der Waals surface area contributed by atoms with E-state index in [2.05, 4.69) is 5.32 Å². The number of benzene rings is 1. The van der Waals surface area contributed by atoms with E-state index < -0.39 is 12.0 Å². The van der Waals surface area contributed by atoms with Crippen LogP contribution in [0.15, 0.2) is 41.6 Å². The number of amides is 2. The van der Waals surface area contributed by atoms with E-state index in [4.69, 9.17) is 4.74 Å². The minimum atomic E-state index is -0.604. The topological polar surface area (TPSA) is 75.7 Å². The Morgan fingerprint density at radius 3 is 2.77 bits per heavy atom. The summed E-state index contributed by atoms with van der Waals surface area (Å²) in [5.74, 6) is -0.0770. The minimum absolute atomic E-state index is 0.201. The smallest absolute Gasteiger partial charge is 0.355 e. The van der Waals surface area contributed by atoms with Crippen molar-refractivity contribution in [1.29, 1.82) is 0 Å². The third-order valence-corrected chi connectivity index (χ3v) is 5.96. The summed E-state index contributed by atoms with van der Waals surface area (Å²) >= 11 is 2.94. The second-order valence-electron chi connectivity index (χ2n) is 6.08. The molecule has 1 fully saturated rings. The average molecular weight is 393 g/mol. The summed E-state index contributed by atoms with van der Waals surface area (Å²) in [5.41, 5.74) is 2.03. The summed E-state index contributed by atoms with van der Waals surface area (Å²) in [5, 5.41) is 2.54. The molecule has 6 nitrogen and oxygen atoms in total. The molecule has 2 amide bonds. The molecular weight excluding hydrogens is 372 g/mol. The first kappa shape index (κ1) is 18.8. The summed E-state index contributed by atoms with van der Waals surface area (Å²) in [6.45, 7) is 1.83. The van der Waals surface area contributed by atoms with Gasteiger partial charge in [0.1, 0.15) is 23.1 Å². The van der Waals surface area contributed by atoms with E-state index in [9.17, 15) is 14.4 Å². The Hall–Kier alpha value is -1.93. The Balaban J connectivity index is 1.65. The molecule has 138 valence electrons. The van der Waals surface area contributed by atoms with Gasteiger partial charge in [0.05, 0.1) is 6.42 Å². The highest BCUT2D eigenvalue weighted by Crippen LogP contribution is 2.40. The molecule has 0 spiro atoms. The van der Waals surface area contributed by atoms with Gasteiger partial charge in [0.2, 0.25) is 5.91 Å². The fourth-order valence-corrected chi connectivity index (χ4v) is 4.47. The third kappa shape index (κ3) is 3.76. The molecule has 0 aliphatic carbocycles. The summed E-state index contributed by atoms with van der Waals surface area (Å²) in [6, 6.07) is 8.77. The zero-order chi connectivity index (χ0) is 18.7. The van der Waals surface area contributed by atoms with E-state index in [1.807, 2.05) is 43.5 Å². The monoisotopic (exact) mass is 392 g/mol. The van der Waals surface area contributed by atoms with Gasteiger partial charge in [-0.2, -0.15) is 0 Å². The number of carbonyl (C=O) groups is 3. The van der Waals surface area contributed by atoms with E-state index in [0.29, 0.717) is 11.4 Å². The number of nitrogens with zero attached hydrogens (tertiary/aromatic N) is 1. The Morgan fingerprint density at radius 1 is 1.35 bits per heavy atom. The van der Waals surface area contributed by atoms with Crippen molar-refractivity contribution in [3.05, 3.63) is 47.2 Å². The van der Waals surface area contributed by atoms with E-state index in [0.717, 1.165) is 11.1 Å². The van der Waals surface area contributed by atoms with E-state index in [1.165, 1.54) is 16.7 Å². The van der Waals surface area contributed by atoms with Gasteiger partial charge in [0.15, 0.2) is 0 Å². The standard InChI is InChI=1S/C18H20N2O4S2/c1-11-9-26-17-14(19-13(21)8-12-6-4-3-5-7-12)16(22)20(17)15(11)18(23)24-10-25-2/h3-7,14,17H,8-10H2,1-2H3,(H,19,21)/t14?,17-/m0/s1. The van der Waals surface area contributed by atoms with E-state index >= 15 is 0 Å². The van der Waals surface area contributed by atoms with Crippen LogP contribution >= 0.6 is 23.5 Å². The molecule has 0 aromatic heterocycles. The van der Waals surface area contributed by atoms with Gasteiger partial charge in [-0.15, -0.1) is 23.5 Å². The maximum Gasteiger partial charge on any atom is 0.355 e. The summed E-state index contributed by atoms with van der Waals surface area (Å²) in [6.07, 6.45) is 2.06. The summed E-state index contributed by atoms with van der Waals surface area (Å²) < 4.78 is 5.17. The molecule has 2 aliphatic heterocycles. The van der Waals surface area contributed by atoms with Crippen molar-refractivity contribution in [2.75, 3.05) is 17.9 Å². The minimum Gasteiger partial charge on any atom is -0.450 e. The van der Waals surface area contributed by atoms with Crippen LogP contribution in [0.2, 0.25) is 0 Å². The SMILES string of the molecule is CSCOC(=O)C1=C(C)CS[C@H]2C(NC(=O)Cc3ccccc3)C(=O)N12. The van der Waals surface area contributed by atoms with Gasteiger partial charge in [-0.1, -0.05) is 30.3 Å². The van der Waals surface area contributed by atoms with Crippen molar-refractivity contribution in [2.24, 2.45) is 0 Å². The van der Waals surface area contributed by atoms with Crippen molar-refractivity contribution < 1.29 is 19.1 Å². The first-order valence-corrected chi connectivity index (χ1v) is 10.6. The van der Waals surface area contributed by atoms with Crippen LogP contribution in [0.4, 0.5) is 0 Å². The van der Waals surface area contributed by atoms with Crippen molar-refractivity contribution in [3.8, 4) is 0 Å². The predicted octanol–water partition coefficient (Wildman–Crippen LogP) is 1.77. The van der Waals surface area contributed by atoms with Gasteiger partial charge >= 0.3 is 5.97 Å². The number of nitrogens with one attached hydrogen (secondary N) is 1. The van der Waals surface area contributed by atoms with E-state index in [-0.39, 0.29) is 29.5 Å². The number of fused-ring (bicyclic) bond motifs is 1. The lowest BCUT2D eigenvalue weighted by Gasteiger charge is -2.49. The molecular formula is C18H20N2O4S2. The first-order chi connectivity index (χ1) is 12.5. The molecule has 8 heteroatoms. The fourth-order valence-electron chi connectivity index (χ4n) is 2.95. The average Bonchev–Trinajstić information content (AvgIpc) is 2.64. The second kappa shape index (κ2) is 8.18. The molecule has 3 rings (SSSR count). The summed E-state index contributed by atoms with van der Waals surface area (Å²) in [7, 11) is 0. The molecule has 1 N–H and O–H groups in total. The molecule has 1 aromatic carbocycles. The van der Waals surface area contributed by atoms with Crippen LogP contribution in [-0.2, 0) is 25.5 Å². The normalized spacial score (nSPS) is 21.8. The van der Waals surface area contributed by atoms with Crippen LogP contribution in [0.5, 0.6) is 0 Å². The Morgan fingerprint density at radius 2 is 2.08 bits per heavy atom. The fraction of sp³-hybridized carbons (Fsp3) is 0.389. The quantitative estimate of drug-likeness (QED) is 0.452. The molecule has 1 saturated heterocycles. The highest BCUT2D eigenvalue weighted by Gasteiger charge is 2.53. The Kier molecular flexibility index (Phi) is 5.93. The molecule has 0 saturated carbocycles. The van der Waals surface area contributed by atoms with Gasteiger partial charge in [-0.25, -0.2) is 4.79 Å². The maximum absolute atomic E-state index is 12.6. The maximum atomic E-state index is 12.6. The van der Waals surface area contributed by atoms with Crippen molar-refractivity contribution in [1.82, 2.24) is 10.2 Å². The molecule has 2 aliphatic rings. The molecule has 1 aromatic rings. The molecule has 2 heterocycles. The van der Waals surface area contributed by atoms with Crippen LogP contribution in [0.1, 0.15) is 12.5 Å². The largest absolute Gasteiger partial charge is 0.450 e. The third-order valence-electron chi connectivity index (χ3n) is 4.18. The Labute approximate surface area is 160 Å². The number of hydrogen-bond acceptors (Lipinski definition) is 6. The number of hydrogen-bond donors (Lipinski definition) is 1. The molecule has 0 radical (unpaired) electrons. The highest BCUT2D eigenvalue weighted by molar-refractivity contribution is 8.00. The van der Waals surface area contributed by atoms with Gasteiger partial charge in [-0.3, -0.25) is 14.5 Å². The van der Waals surface area contributed by atoms with Crippen LogP contribution in [0.3, 0.4) is 0 Å². The lowest BCUT2D eigenvalue weighted by atomic mass is 10.0. The highest BCUT2D eigenvalue weighted by atomic mass is 32.2. The molecule has 1 unspecified atom stereocenters. The summed E-state index contributed by atoms with van der Waals surface area (Å²) in [4.78, 5) is 38.6. The Bertz CT molecular complexity index is 751. The number of carbonyl (C=O) groups excluding carboxylic acids is 3. The van der Waals surface area contributed by atoms with Crippen molar-refractivity contribution >= 4 is 41.3 Å². The van der Waals surface area contributed by atoms with Gasteiger partial charge in [0, 0.05) is 5.75 Å². The van der Waals surface area contributed by atoms with Crippen molar-refractivity contribution in [3.63, 3.8) is 0 Å². The lowest BCUT2D eigenvalue weighted by molar-refractivity contribution is -0.152. The zero-order valence-electron chi connectivity index (χ0n) is 14.6. The van der Waals surface area contributed by atoms with E-state index in [1.54, 1.807) is 11.8 Å². The van der Waals surface area contributed by atoms with Crippen LogP contribution in [0, 0.1) is 0 Å². The number of rotatable bonds is 6. The second-order valence-corrected chi connectivity index (χ2v) is 8.00. The number of ether oxygens (including phenoxy) is 1. The number of esters is 1. The van der Waals surface area contributed by atoms with Gasteiger partial charge in [-0.05, 0) is 24.3 Å². The van der Waals surface area contributed by atoms with Gasteiger partial charge < -0.3 is 10.1 Å². The van der Waals surface area contributed by atoms with Crippen LogP contribution in [0.25, 0.3) is 0 Å². The lowest BCUT2D eigenvalue weighted by Crippen LogP contribution is -2.70. The van der Waals surface area contributed by atoms with Crippen LogP contribution in [-0.4, -0.2) is 52.0 Å².